The SMILES string of the molecule is CCCn1c(-c2cccc(F)c2)nc2c(N)nc(/C=C/C3(O)CCCC3)nc21. The third-order valence-corrected chi connectivity index (χ3v) is 5.18. The average Bonchev–Trinajstić information content (AvgIpc) is 3.26. The topological polar surface area (TPSA) is 89.9 Å². The van der Waals surface area contributed by atoms with Gasteiger partial charge >= 0.3 is 0 Å². The van der Waals surface area contributed by atoms with Crippen LogP contribution in [0.3, 0.4) is 0 Å². The number of benzene rings is 1. The molecule has 3 aromatic rings. The van der Waals surface area contributed by atoms with Crippen LogP contribution >= 0.6 is 0 Å². The van der Waals surface area contributed by atoms with Crippen LogP contribution in [0.25, 0.3) is 28.6 Å². The van der Waals surface area contributed by atoms with Crippen LogP contribution in [0.5, 0.6) is 0 Å². The zero-order chi connectivity index (χ0) is 19.7. The Balaban J connectivity index is 1.82. The molecule has 6 nitrogen and oxygen atoms in total. The van der Waals surface area contributed by atoms with Gasteiger partial charge in [-0.3, -0.25) is 0 Å². The van der Waals surface area contributed by atoms with Crippen molar-refractivity contribution >= 4 is 23.1 Å². The molecule has 2 aromatic heterocycles. The van der Waals surface area contributed by atoms with E-state index in [0.29, 0.717) is 34.9 Å². The highest BCUT2D eigenvalue weighted by molar-refractivity contribution is 5.86. The van der Waals surface area contributed by atoms with Crippen LogP contribution in [-0.4, -0.2) is 30.2 Å². The van der Waals surface area contributed by atoms with Crippen molar-refractivity contribution in [3.8, 4) is 11.4 Å². The summed E-state index contributed by atoms with van der Waals surface area (Å²) >= 11 is 0. The highest BCUT2D eigenvalue weighted by atomic mass is 19.1. The van der Waals surface area contributed by atoms with Gasteiger partial charge in [-0.1, -0.05) is 31.9 Å². The van der Waals surface area contributed by atoms with E-state index in [2.05, 4.69) is 21.9 Å². The maximum absolute atomic E-state index is 13.7. The minimum atomic E-state index is -0.788. The molecule has 0 bridgehead atoms. The fraction of sp³-hybridized carbons (Fsp3) is 0.381. The Morgan fingerprint density at radius 2 is 2.04 bits per heavy atom. The van der Waals surface area contributed by atoms with Crippen molar-refractivity contribution in [1.82, 2.24) is 19.5 Å². The summed E-state index contributed by atoms with van der Waals surface area (Å²) in [6.07, 6.45) is 7.90. The van der Waals surface area contributed by atoms with E-state index >= 15 is 0 Å². The normalized spacial score (nSPS) is 16.4. The van der Waals surface area contributed by atoms with Crippen LogP contribution in [0.2, 0.25) is 0 Å². The maximum atomic E-state index is 13.7. The molecule has 1 fully saturated rings. The molecule has 0 amide bonds. The van der Waals surface area contributed by atoms with E-state index in [4.69, 9.17) is 5.73 Å². The number of imidazole rings is 1. The minimum absolute atomic E-state index is 0.274. The molecule has 4 rings (SSSR count). The Morgan fingerprint density at radius 3 is 2.75 bits per heavy atom. The van der Waals surface area contributed by atoms with E-state index in [-0.39, 0.29) is 11.6 Å². The Kier molecular flexibility index (Phi) is 4.85. The summed E-state index contributed by atoms with van der Waals surface area (Å²) in [7, 11) is 0. The number of rotatable bonds is 5. The lowest BCUT2D eigenvalue weighted by Crippen LogP contribution is -2.19. The second-order valence-electron chi connectivity index (χ2n) is 7.38. The van der Waals surface area contributed by atoms with Crippen molar-refractivity contribution in [3.05, 3.63) is 42.0 Å². The molecule has 0 saturated heterocycles. The van der Waals surface area contributed by atoms with Gasteiger partial charge in [0.1, 0.15) is 11.6 Å². The molecular weight excluding hydrogens is 357 g/mol. The van der Waals surface area contributed by atoms with Crippen LogP contribution in [0.4, 0.5) is 10.2 Å². The minimum Gasteiger partial charge on any atom is -0.386 e. The Bertz CT molecular complexity index is 1040. The molecule has 1 aliphatic rings. The number of aliphatic hydroxyl groups is 1. The molecule has 7 heteroatoms. The van der Waals surface area contributed by atoms with Gasteiger partial charge in [-0.05, 0) is 43.5 Å². The summed E-state index contributed by atoms with van der Waals surface area (Å²) < 4.78 is 15.7. The number of fused-ring (bicyclic) bond motifs is 1. The van der Waals surface area contributed by atoms with E-state index in [1.165, 1.54) is 12.1 Å². The van der Waals surface area contributed by atoms with Crippen molar-refractivity contribution in [2.45, 2.75) is 51.2 Å². The van der Waals surface area contributed by atoms with Gasteiger partial charge in [0.15, 0.2) is 22.8 Å². The zero-order valence-electron chi connectivity index (χ0n) is 15.9. The number of hydrogen-bond acceptors (Lipinski definition) is 5. The molecule has 1 aliphatic carbocycles. The Morgan fingerprint density at radius 1 is 1.25 bits per heavy atom. The van der Waals surface area contributed by atoms with Crippen LogP contribution in [0.15, 0.2) is 30.3 Å². The molecule has 1 aromatic carbocycles. The molecule has 0 aliphatic heterocycles. The maximum Gasteiger partial charge on any atom is 0.166 e. The van der Waals surface area contributed by atoms with E-state index in [1.54, 1.807) is 18.2 Å². The number of hydrogen-bond donors (Lipinski definition) is 2. The number of nitrogen functional groups attached to an aromatic ring is 1. The van der Waals surface area contributed by atoms with E-state index in [0.717, 1.165) is 32.1 Å². The van der Waals surface area contributed by atoms with Gasteiger partial charge in [0.25, 0.3) is 0 Å². The lowest BCUT2D eigenvalue weighted by molar-refractivity contribution is 0.100. The number of anilines is 1. The molecule has 0 unspecified atom stereocenters. The van der Waals surface area contributed by atoms with Gasteiger partial charge in [-0.2, -0.15) is 0 Å². The number of halogens is 1. The summed E-state index contributed by atoms with van der Waals surface area (Å²) in [5.74, 6) is 1.01. The first kappa shape index (κ1) is 18.6. The number of aryl methyl sites for hydroxylation is 1. The molecule has 0 radical (unpaired) electrons. The van der Waals surface area contributed by atoms with Gasteiger partial charge in [0.05, 0.1) is 5.60 Å². The van der Waals surface area contributed by atoms with Crippen LogP contribution in [0.1, 0.15) is 44.9 Å². The van der Waals surface area contributed by atoms with Gasteiger partial charge in [0, 0.05) is 12.1 Å². The molecule has 3 N–H and O–H groups in total. The first-order valence-corrected chi connectivity index (χ1v) is 9.70. The van der Waals surface area contributed by atoms with E-state index < -0.39 is 5.60 Å². The molecule has 146 valence electrons. The third-order valence-electron chi connectivity index (χ3n) is 5.18. The number of aromatic nitrogens is 4. The molecule has 1 saturated carbocycles. The van der Waals surface area contributed by atoms with Gasteiger partial charge < -0.3 is 15.4 Å². The first-order valence-electron chi connectivity index (χ1n) is 9.70. The van der Waals surface area contributed by atoms with E-state index in [1.807, 2.05) is 10.6 Å². The van der Waals surface area contributed by atoms with E-state index in [9.17, 15) is 9.50 Å². The Labute approximate surface area is 163 Å². The fourth-order valence-corrected chi connectivity index (χ4v) is 3.78. The van der Waals surface area contributed by atoms with Crippen molar-refractivity contribution in [3.63, 3.8) is 0 Å². The van der Waals surface area contributed by atoms with Crippen LogP contribution in [-0.2, 0) is 6.54 Å². The highest BCUT2D eigenvalue weighted by Gasteiger charge is 2.28. The summed E-state index contributed by atoms with van der Waals surface area (Å²) in [4.78, 5) is 13.6. The summed E-state index contributed by atoms with van der Waals surface area (Å²) in [6, 6.07) is 6.33. The average molecular weight is 381 g/mol. The van der Waals surface area contributed by atoms with Gasteiger partial charge in [-0.25, -0.2) is 19.3 Å². The standard InChI is InChI=1S/C21H24FN5O/c1-2-12-27-19(14-6-5-7-15(22)13-14)26-17-18(23)24-16(25-20(17)27)8-11-21(28)9-3-4-10-21/h5-8,11,13,28H,2-4,9-10,12H2,1H3,(H2,23,24,25)/b11-8+. The summed E-state index contributed by atoms with van der Waals surface area (Å²) in [5, 5.41) is 10.5. The van der Waals surface area contributed by atoms with Crippen molar-refractivity contribution in [2.24, 2.45) is 0 Å². The Hall–Kier alpha value is -2.80. The van der Waals surface area contributed by atoms with Crippen LogP contribution in [0, 0.1) is 5.82 Å². The predicted molar refractivity (Wildman–Crippen MR) is 108 cm³/mol. The molecular formula is C21H24FN5O. The van der Waals surface area contributed by atoms with Crippen molar-refractivity contribution in [2.75, 3.05) is 5.73 Å². The smallest absolute Gasteiger partial charge is 0.166 e. The summed E-state index contributed by atoms with van der Waals surface area (Å²) in [6.45, 7) is 2.73. The van der Waals surface area contributed by atoms with Crippen molar-refractivity contribution in [1.29, 1.82) is 0 Å². The zero-order valence-corrected chi connectivity index (χ0v) is 15.9. The lowest BCUT2D eigenvalue weighted by Gasteiger charge is -2.16. The second kappa shape index (κ2) is 7.31. The van der Waals surface area contributed by atoms with Crippen molar-refractivity contribution < 1.29 is 9.50 Å². The third kappa shape index (κ3) is 3.49. The molecule has 28 heavy (non-hydrogen) atoms. The van der Waals surface area contributed by atoms with Gasteiger partial charge in [0.2, 0.25) is 0 Å². The fourth-order valence-electron chi connectivity index (χ4n) is 3.78. The summed E-state index contributed by atoms with van der Waals surface area (Å²) in [5.41, 5.74) is 7.17. The lowest BCUT2D eigenvalue weighted by atomic mass is 10.0. The number of nitrogens with zero attached hydrogens (tertiary/aromatic N) is 4. The number of nitrogens with two attached hydrogens (primary N) is 1. The first-order chi connectivity index (χ1) is 13.5. The molecule has 2 heterocycles. The monoisotopic (exact) mass is 381 g/mol. The quantitative estimate of drug-likeness (QED) is 0.699. The predicted octanol–water partition coefficient (Wildman–Crippen LogP) is 3.94. The molecule has 0 atom stereocenters. The highest BCUT2D eigenvalue weighted by Crippen LogP contribution is 2.31. The largest absolute Gasteiger partial charge is 0.386 e. The van der Waals surface area contributed by atoms with Gasteiger partial charge in [-0.15, -0.1) is 0 Å². The second-order valence-corrected chi connectivity index (χ2v) is 7.38. The van der Waals surface area contributed by atoms with Crippen LogP contribution < -0.4 is 5.73 Å². The molecule has 0 spiro atoms.